The Labute approximate surface area is 149 Å². The summed E-state index contributed by atoms with van der Waals surface area (Å²) in [7, 11) is 1.42. The Kier molecular flexibility index (Phi) is 5.37. The van der Waals surface area contributed by atoms with Crippen molar-refractivity contribution in [2.24, 2.45) is 0 Å². The van der Waals surface area contributed by atoms with Gasteiger partial charge in [-0.3, -0.25) is 10.1 Å². The summed E-state index contributed by atoms with van der Waals surface area (Å²) in [6.07, 6.45) is 0.668. The number of nitro groups is 1. The van der Waals surface area contributed by atoms with Gasteiger partial charge in [-0.2, -0.15) is 0 Å². The Morgan fingerprint density at radius 3 is 2.38 bits per heavy atom. The quantitative estimate of drug-likeness (QED) is 0.558. The second-order valence-corrected chi connectivity index (χ2v) is 7.45. The third kappa shape index (κ3) is 3.98. The van der Waals surface area contributed by atoms with Crippen molar-refractivity contribution in [2.75, 3.05) is 20.2 Å². The number of hydrogen-bond acceptors (Lipinski definition) is 5. The van der Waals surface area contributed by atoms with Crippen LogP contribution < -0.4 is 4.74 Å². The first kappa shape index (κ1) is 18.5. The molecule has 7 nitrogen and oxygen atoms in total. The van der Waals surface area contributed by atoms with Gasteiger partial charge < -0.3 is 14.4 Å². The van der Waals surface area contributed by atoms with Crippen molar-refractivity contribution in [3.63, 3.8) is 0 Å². The zero-order chi connectivity index (χ0) is 18.1. The van der Waals surface area contributed by atoms with E-state index in [1.807, 2.05) is 20.8 Å². The summed E-state index contributed by atoms with van der Waals surface area (Å²) in [4.78, 5) is 24.7. The number of carbonyl (C=O) groups is 1. The molecule has 0 fully saturated rings. The number of fused-ring (bicyclic) bond motifs is 1. The molecule has 1 aromatic rings. The van der Waals surface area contributed by atoms with Gasteiger partial charge in [0.25, 0.3) is 0 Å². The summed E-state index contributed by atoms with van der Waals surface area (Å²) < 4.78 is 11.4. The van der Waals surface area contributed by atoms with E-state index >= 15 is 0 Å². The maximum Gasteiger partial charge on any atom is 0.410 e. The average molecular weight is 401 g/mol. The Bertz CT molecular complexity index is 669. The topological polar surface area (TPSA) is 81.9 Å². The van der Waals surface area contributed by atoms with Crippen LogP contribution >= 0.6 is 15.9 Å². The summed E-state index contributed by atoms with van der Waals surface area (Å²) in [5, 5.41) is 11.3. The molecule has 0 unspecified atom stereocenters. The van der Waals surface area contributed by atoms with E-state index in [9.17, 15) is 14.9 Å². The minimum Gasteiger partial charge on any atom is -0.490 e. The molecule has 2 rings (SSSR count). The van der Waals surface area contributed by atoms with Gasteiger partial charge in [0.2, 0.25) is 0 Å². The molecule has 0 aromatic heterocycles. The van der Waals surface area contributed by atoms with E-state index in [2.05, 4.69) is 15.9 Å². The first-order chi connectivity index (χ1) is 11.1. The van der Waals surface area contributed by atoms with Gasteiger partial charge in [0, 0.05) is 29.2 Å². The van der Waals surface area contributed by atoms with E-state index in [1.54, 1.807) is 4.90 Å². The Hall–Kier alpha value is -1.83. The summed E-state index contributed by atoms with van der Waals surface area (Å²) in [5.41, 5.74) is 1.06. The number of hydrogen-bond donors (Lipinski definition) is 0. The Morgan fingerprint density at radius 2 is 1.88 bits per heavy atom. The van der Waals surface area contributed by atoms with Gasteiger partial charge in [-0.1, -0.05) is 15.9 Å². The van der Waals surface area contributed by atoms with E-state index in [4.69, 9.17) is 9.47 Å². The Balaban J connectivity index is 2.32. The molecule has 24 heavy (non-hydrogen) atoms. The zero-order valence-corrected chi connectivity index (χ0v) is 15.8. The zero-order valence-electron chi connectivity index (χ0n) is 14.2. The standard InChI is InChI=1S/C16H21BrN2O5/c1-16(2,3)24-15(20)18-7-5-10-11(6-8-18)14(23-4)13(19(21)22)9-12(10)17/h9H,5-8H2,1-4H3. The van der Waals surface area contributed by atoms with Crippen molar-refractivity contribution in [2.45, 2.75) is 39.2 Å². The second kappa shape index (κ2) is 6.96. The van der Waals surface area contributed by atoms with Crippen LogP contribution in [0.1, 0.15) is 31.9 Å². The number of nitro benzene ring substituents is 1. The highest BCUT2D eigenvalue weighted by Gasteiger charge is 2.29. The van der Waals surface area contributed by atoms with Crippen LogP contribution in [0.25, 0.3) is 0 Å². The maximum atomic E-state index is 12.3. The van der Waals surface area contributed by atoms with Crippen molar-refractivity contribution in [1.29, 1.82) is 0 Å². The molecule has 0 atom stereocenters. The number of halogens is 1. The number of ether oxygens (including phenoxy) is 2. The first-order valence-electron chi connectivity index (χ1n) is 7.64. The molecule has 1 aromatic carbocycles. The predicted molar refractivity (Wildman–Crippen MR) is 92.6 cm³/mol. The monoisotopic (exact) mass is 400 g/mol. The molecule has 1 aliphatic rings. The molecule has 0 saturated heterocycles. The highest BCUT2D eigenvalue weighted by molar-refractivity contribution is 9.10. The third-order valence-electron chi connectivity index (χ3n) is 3.74. The van der Waals surface area contributed by atoms with Crippen LogP contribution in [0.2, 0.25) is 0 Å². The lowest BCUT2D eigenvalue weighted by Crippen LogP contribution is -2.38. The SMILES string of the molecule is COc1c([N+](=O)[O-])cc(Br)c2c1CCN(C(=O)OC(C)(C)C)CC2. The lowest BCUT2D eigenvalue weighted by Gasteiger charge is -2.26. The molecule has 0 aliphatic carbocycles. The van der Waals surface area contributed by atoms with Crippen LogP contribution in [-0.4, -0.2) is 41.7 Å². The fraction of sp³-hybridized carbons (Fsp3) is 0.562. The molecule has 132 valence electrons. The predicted octanol–water partition coefficient (Wildman–Crippen LogP) is 3.70. The molecule has 1 heterocycles. The molecular formula is C16H21BrN2O5. The fourth-order valence-electron chi connectivity index (χ4n) is 2.72. The van der Waals surface area contributed by atoms with E-state index in [1.165, 1.54) is 13.2 Å². The molecule has 8 heteroatoms. The van der Waals surface area contributed by atoms with Crippen LogP contribution in [0, 0.1) is 10.1 Å². The fourth-order valence-corrected chi connectivity index (χ4v) is 3.38. The van der Waals surface area contributed by atoms with Gasteiger partial charge in [-0.25, -0.2) is 4.79 Å². The van der Waals surface area contributed by atoms with E-state index < -0.39 is 10.5 Å². The lowest BCUT2D eigenvalue weighted by atomic mass is 10.0. The first-order valence-corrected chi connectivity index (χ1v) is 8.44. The number of amides is 1. The summed E-state index contributed by atoms with van der Waals surface area (Å²) >= 11 is 3.41. The van der Waals surface area contributed by atoms with Gasteiger partial charge in [-0.15, -0.1) is 0 Å². The van der Waals surface area contributed by atoms with Crippen LogP contribution in [0.5, 0.6) is 5.75 Å². The normalized spacial score (nSPS) is 14.6. The van der Waals surface area contributed by atoms with Gasteiger partial charge >= 0.3 is 11.8 Å². The molecule has 0 N–H and O–H groups in total. The van der Waals surface area contributed by atoms with E-state index in [0.717, 1.165) is 11.1 Å². The smallest absolute Gasteiger partial charge is 0.410 e. The molecule has 0 bridgehead atoms. The van der Waals surface area contributed by atoms with Crippen LogP contribution in [0.3, 0.4) is 0 Å². The minimum absolute atomic E-state index is 0.0751. The molecule has 1 amide bonds. The number of nitrogens with zero attached hydrogens (tertiary/aromatic N) is 2. The number of carbonyl (C=O) groups excluding carboxylic acids is 1. The average Bonchev–Trinajstić information content (AvgIpc) is 2.68. The highest BCUT2D eigenvalue weighted by atomic mass is 79.9. The third-order valence-corrected chi connectivity index (χ3v) is 4.45. The summed E-state index contributed by atoms with van der Waals surface area (Å²) in [6, 6.07) is 1.46. The van der Waals surface area contributed by atoms with E-state index in [0.29, 0.717) is 30.4 Å². The van der Waals surface area contributed by atoms with Gasteiger partial charge in [0.05, 0.1) is 12.0 Å². The lowest BCUT2D eigenvalue weighted by molar-refractivity contribution is -0.385. The van der Waals surface area contributed by atoms with Crippen molar-refractivity contribution in [3.8, 4) is 5.75 Å². The summed E-state index contributed by atoms with van der Waals surface area (Å²) in [6.45, 7) is 6.37. The van der Waals surface area contributed by atoms with E-state index in [-0.39, 0.29) is 17.5 Å². The maximum absolute atomic E-state index is 12.3. The molecular weight excluding hydrogens is 380 g/mol. The van der Waals surface area contributed by atoms with Gasteiger partial charge in [0.15, 0.2) is 5.75 Å². The van der Waals surface area contributed by atoms with Gasteiger partial charge in [-0.05, 0) is 39.2 Å². The van der Waals surface area contributed by atoms with Crippen molar-refractivity contribution < 1.29 is 19.2 Å². The van der Waals surface area contributed by atoms with Crippen LogP contribution in [0.15, 0.2) is 10.5 Å². The number of benzene rings is 1. The molecule has 1 aliphatic heterocycles. The molecule has 0 spiro atoms. The molecule has 0 radical (unpaired) electrons. The van der Waals surface area contributed by atoms with Crippen molar-refractivity contribution >= 4 is 27.7 Å². The highest BCUT2D eigenvalue weighted by Crippen LogP contribution is 2.39. The second-order valence-electron chi connectivity index (χ2n) is 6.59. The van der Waals surface area contributed by atoms with Crippen molar-refractivity contribution in [3.05, 3.63) is 31.8 Å². The number of rotatable bonds is 2. The number of methoxy groups -OCH3 is 1. The minimum atomic E-state index is -0.562. The summed E-state index contributed by atoms with van der Waals surface area (Å²) in [5.74, 6) is 0.268. The van der Waals surface area contributed by atoms with Gasteiger partial charge in [0.1, 0.15) is 5.60 Å². The van der Waals surface area contributed by atoms with Crippen molar-refractivity contribution in [1.82, 2.24) is 4.90 Å². The van der Waals surface area contributed by atoms with Crippen LogP contribution in [0.4, 0.5) is 10.5 Å². The molecule has 0 saturated carbocycles. The largest absolute Gasteiger partial charge is 0.490 e. The van der Waals surface area contributed by atoms with Crippen LogP contribution in [-0.2, 0) is 17.6 Å². The Morgan fingerprint density at radius 1 is 1.29 bits per heavy atom.